The lowest BCUT2D eigenvalue weighted by molar-refractivity contribution is -0.126. The summed E-state index contributed by atoms with van der Waals surface area (Å²) in [6.07, 6.45) is 7.40. The van der Waals surface area contributed by atoms with E-state index in [1.54, 1.807) is 4.90 Å². The van der Waals surface area contributed by atoms with Crippen molar-refractivity contribution < 1.29 is 19.1 Å². The Morgan fingerprint density at radius 3 is 2.59 bits per heavy atom. The molecule has 0 aromatic carbocycles. The van der Waals surface area contributed by atoms with E-state index in [1.807, 2.05) is 0 Å². The van der Waals surface area contributed by atoms with Crippen molar-refractivity contribution in [1.29, 1.82) is 0 Å². The van der Waals surface area contributed by atoms with Crippen LogP contribution in [0.5, 0.6) is 0 Å². The van der Waals surface area contributed by atoms with E-state index >= 15 is 0 Å². The predicted molar refractivity (Wildman–Crippen MR) is 80.4 cm³/mol. The lowest BCUT2D eigenvalue weighted by Gasteiger charge is -2.30. The van der Waals surface area contributed by atoms with Gasteiger partial charge in [0.2, 0.25) is 5.91 Å². The van der Waals surface area contributed by atoms with Crippen molar-refractivity contribution in [2.24, 2.45) is 5.92 Å². The molecule has 6 heteroatoms. The van der Waals surface area contributed by atoms with Gasteiger partial charge in [-0.05, 0) is 31.6 Å². The monoisotopic (exact) mass is 310 g/mol. The minimum atomic E-state index is -0.461. The molecular formula is C16H26N2O4. The Bertz CT molecular complexity index is 403. The average molecular weight is 310 g/mol. The number of cyclic esters (lactones) is 1. The fraction of sp³-hybridized carbons (Fsp3) is 0.875. The van der Waals surface area contributed by atoms with Gasteiger partial charge in [0.05, 0.1) is 0 Å². The molecule has 1 N–H and O–H groups in total. The van der Waals surface area contributed by atoms with E-state index < -0.39 is 6.04 Å². The van der Waals surface area contributed by atoms with E-state index in [-0.39, 0.29) is 24.6 Å². The molecule has 0 bridgehead atoms. The molecule has 1 aliphatic carbocycles. The lowest BCUT2D eigenvalue weighted by Crippen LogP contribution is -2.51. The number of amides is 2. The van der Waals surface area contributed by atoms with E-state index in [4.69, 9.17) is 9.47 Å². The van der Waals surface area contributed by atoms with Crippen LogP contribution in [-0.4, -0.2) is 55.3 Å². The Balaban J connectivity index is 1.55. The molecule has 3 aliphatic rings. The molecule has 2 amide bonds. The molecule has 3 rings (SSSR count). The lowest BCUT2D eigenvalue weighted by atomic mass is 9.89. The second kappa shape index (κ2) is 7.31. The number of rotatable bonds is 4. The van der Waals surface area contributed by atoms with Crippen molar-refractivity contribution in [3.8, 4) is 0 Å². The van der Waals surface area contributed by atoms with E-state index in [2.05, 4.69) is 5.32 Å². The number of nitrogens with one attached hydrogen (secondary N) is 1. The molecule has 1 saturated carbocycles. The van der Waals surface area contributed by atoms with Crippen molar-refractivity contribution >= 4 is 12.0 Å². The zero-order valence-electron chi connectivity index (χ0n) is 13.1. The van der Waals surface area contributed by atoms with Crippen molar-refractivity contribution in [1.82, 2.24) is 10.2 Å². The van der Waals surface area contributed by atoms with Gasteiger partial charge < -0.3 is 14.8 Å². The van der Waals surface area contributed by atoms with E-state index in [9.17, 15) is 9.59 Å². The highest BCUT2D eigenvalue weighted by Crippen LogP contribution is 2.26. The van der Waals surface area contributed by atoms with Gasteiger partial charge in [-0.2, -0.15) is 0 Å². The Kier molecular flexibility index (Phi) is 5.18. The van der Waals surface area contributed by atoms with Crippen molar-refractivity contribution in [3.05, 3.63) is 0 Å². The summed E-state index contributed by atoms with van der Waals surface area (Å²) in [5.74, 6) is 0.436. The SMILES string of the molecule is O=C(NC1CCOCC1)[C@@H]1COC(=O)N1CC1CCCCC1. The van der Waals surface area contributed by atoms with E-state index in [0.29, 0.717) is 25.7 Å². The first-order chi connectivity index (χ1) is 10.7. The number of hydrogen-bond acceptors (Lipinski definition) is 4. The highest BCUT2D eigenvalue weighted by Gasteiger charge is 2.39. The molecule has 22 heavy (non-hydrogen) atoms. The van der Waals surface area contributed by atoms with Crippen LogP contribution in [0.3, 0.4) is 0 Å². The van der Waals surface area contributed by atoms with Crippen LogP contribution in [0.15, 0.2) is 0 Å². The molecule has 0 spiro atoms. The Morgan fingerprint density at radius 1 is 1.14 bits per heavy atom. The molecule has 0 aromatic rings. The van der Waals surface area contributed by atoms with Crippen LogP contribution >= 0.6 is 0 Å². The normalized spacial score (nSPS) is 27.7. The van der Waals surface area contributed by atoms with Crippen LogP contribution in [-0.2, 0) is 14.3 Å². The largest absolute Gasteiger partial charge is 0.447 e. The van der Waals surface area contributed by atoms with Crippen molar-refractivity contribution in [3.63, 3.8) is 0 Å². The highest BCUT2D eigenvalue weighted by molar-refractivity contribution is 5.88. The summed E-state index contributed by atoms with van der Waals surface area (Å²) in [7, 11) is 0. The molecule has 3 fully saturated rings. The fourth-order valence-corrected chi connectivity index (χ4v) is 3.66. The fourth-order valence-electron chi connectivity index (χ4n) is 3.66. The van der Waals surface area contributed by atoms with Gasteiger partial charge in [-0.3, -0.25) is 9.69 Å². The maximum atomic E-state index is 12.5. The molecule has 0 unspecified atom stereocenters. The smallest absolute Gasteiger partial charge is 0.410 e. The standard InChI is InChI=1S/C16H26N2O4/c19-15(17-13-6-8-21-9-7-13)14-11-22-16(20)18(14)10-12-4-2-1-3-5-12/h12-14H,1-11H2,(H,17,19)/t14-/m0/s1. The minimum absolute atomic E-state index is 0.0754. The van der Waals surface area contributed by atoms with E-state index in [0.717, 1.165) is 25.7 Å². The first-order valence-corrected chi connectivity index (χ1v) is 8.55. The number of nitrogens with zero attached hydrogens (tertiary/aromatic N) is 1. The van der Waals surface area contributed by atoms with Gasteiger partial charge in [0.15, 0.2) is 0 Å². The van der Waals surface area contributed by atoms with Gasteiger partial charge in [-0.25, -0.2) is 4.79 Å². The maximum Gasteiger partial charge on any atom is 0.410 e. The third-order valence-electron chi connectivity index (χ3n) is 5.03. The zero-order valence-corrected chi connectivity index (χ0v) is 13.1. The molecule has 1 atom stereocenters. The Hall–Kier alpha value is -1.30. The van der Waals surface area contributed by atoms with Crippen LogP contribution < -0.4 is 5.32 Å². The second-order valence-corrected chi connectivity index (χ2v) is 6.64. The van der Waals surface area contributed by atoms with Gasteiger partial charge in [0.25, 0.3) is 0 Å². The van der Waals surface area contributed by atoms with Crippen molar-refractivity contribution in [2.45, 2.75) is 57.0 Å². The maximum absolute atomic E-state index is 12.5. The molecule has 0 aromatic heterocycles. The molecule has 2 heterocycles. The topological polar surface area (TPSA) is 67.9 Å². The predicted octanol–water partition coefficient (Wildman–Crippen LogP) is 1.68. The minimum Gasteiger partial charge on any atom is -0.447 e. The summed E-state index contributed by atoms with van der Waals surface area (Å²) in [4.78, 5) is 26.1. The Morgan fingerprint density at radius 2 is 1.86 bits per heavy atom. The number of carbonyl (C=O) groups excluding carboxylic acids is 2. The van der Waals surface area contributed by atoms with E-state index in [1.165, 1.54) is 19.3 Å². The molecule has 2 aliphatic heterocycles. The zero-order chi connectivity index (χ0) is 15.4. The second-order valence-electron chi connectivity index (χ2n) is 6.64. The summed E-state index contributed by atoms with van der Waals surface area (Å²) in [5, 5.41) is 3.06. The van der Waals surface area contributed by atoms with Crippen LogP contribution in [0.25, 0.3) is 0 Å². The molecule has 0 radical (unpaired) electrons. The van der Waals surface area contributed by atoms with Gasteiger partial charge in [0, 0.05) is 25.8 Å². The molecule has 124 valence electrons. The summed E-state index contributed by atoms with van der Waals surface area (Å²) >= 11 is 0. The first-order valence-electron chi connectivity index (χ1n) is 8.55. The summed E-state index contributed by atoms with van der Waals surface area (Å²) < 4.78 is 10.4. The van der Waals surface area contributed by atoms with Crippen molar-refractivity contribution in [2.75, 3.05) is 26.4 Å². The third kappa shape index (κ3) is 3.72. The van der Waals surface area contributed by atoms with Crippen LogP contribution in [0.1, 0.15) is 44.9 Å². The van der Waals surface area contributed by atoms with Gasteiger partial charge in [-0.1, -0.05) is 19.3 Å². The van der Waals surface area contributed by atoms with Crippen LogP contribution in [0, 0.1) is 5.92 Å². The first kappa shape index (κ1) is 15.6. The third-order valence-corrected chi connectivity index (χ3v) is 5.03. The number of hydrogen-bond donors (Lipinski definition) is 1. The molecular weight excluding hydrogens is 284 g/mol. The van der Waals surface area contributed by atoms with Gasteiger partial charge >= 0.3 is 6.09 Å². The van der Waals surface area contributed by atoms with Crippen LogP contribution in [0.4, 0.5) is 4.79 Å². The number of carbonyl (C=O) groups is 2. The van der Waals surface area contributed by atoms with Gasteiger partial charge in [-0.15, -0.1) is 0 Å². The van der Waals surface area contributed by atoms with Crippen LogP contribution in [0.2, 0.25) is 0 Å². The number of ether oxygens (including phenoxy) is 2. The quantitative estimate of drug-likeness (QED) is 0.858. The Labute approximate surface area is 131 Å². The average Bonchev–Trinajstić information content (AvgIpc) is 2.90. The summed E-state index contributed by atoms with van der Waals surface area (Å²) in [5.41, 5.74) is 0. The summed E-state index contributed by atoms with van der Waals surface area (Å²) in [6, 6.07) is -0.300. The molecule has 2 saturated heterocycles. The van der Waals surface area contributed by atoms with Gasteiger partial charge in [0.1, 0.15) is 12.6 Å². The molecule has 6 nitrogen and oxygen atoms in total. The highest BCUT2D eigenvalue weighted by atomic mass is 16.6. The summed E-state index contributed by atoms with van der Waals surface area (Å²) in [6.45, 7) is 2.22.